The van der Waals surface area contributed by atoms with Crippen molar-refractivity contribution in [3.05, 3.63) is 0 Å². The fourth-order valence-electron chi connectivity index (χ4n) is 2.17. The highest BCUT2D eigenvalue weighted by atomic mass is 16.2. The Morgan fingerprint density at radius 3 is 2.50 bits per heavy atom. The van der Waals surface area contributed by atoms with E-state index in [-0.39, 0.29) is 0 Å². The summed E-state index contributed by atoms with van der Waals surface area (Å²) in [6.07, 6.45) is 11.3. The van der Waals surface area contributed by atoms with Crippen LogP contribution in [0.4, 0.5) is 0 Å². The van der Waals surface area contributed by atoms with Gasteiger partial charge in [0.1, 0.15) is 0 Å². The van der Waals surface area contributed by atoms with Gasteiger partial charge < -0.3 is 4.90 Å². The first-order valence-corrected chi connectivity index (χ1v) is 5.31. The van der Waals surface area contributed by atoms with E-state index >= 15 is 0 Å². The van der Waals surface area contributed by atoms with Crippen molar-refractivity contribution in [2.45, 2.75) is 39.2 Å². The van der Waals surface area contributed by atoms with E-state index in [0.29, 0.717) is 17.9 Å². The van der Waals surface area contributed by atoms with Crippen LogP contribution in [0.3, 0.4) is 0 Å². The highest BCUT2D eigenvalue weighted by molar-refractivity contribution is 5.77. The first-order valence-electron chi connectivity index (χ1n) is 5.31. The molecule has 2 rings (SSSR count). The van der Waals surface area contributed by atoms with Crippen LogP contribution < -0.4 is 0 Å². The lowest BCUT2D eigenvalue weighted by Crippen LogP contribution is -2.31. The number of amides is 1. The standard InChI is InChI=1S/C10H17NO.C2H2/c1-7(2)5-10(12)11-4-3-8-6-9(8)11;1-2/h7-9H,3-6H2,1-2H3;1-2H/t8-,9+;/m0./s1. The average Bonchev–Trinajstić information content (AvgIpc) is 2.79. The van der Waals surface area contributed by atoms with Crippen LogP contribution in [-0.4, -0.2) is 23.4 Å². The van der Waals surface area contributed by atoms with Crippen LogP contribution >= 0.6 is 0 Å². The number of fused-ring (bicyclic) bond motifs is 1. The number of likely N-dealkylation sites (tertiary alicyclic amines) is 1. The molecule has 0 spiro atoms. The van der Waals surface area contributed by atoms with Crippen molar-refractivity contribution in [2.75, 3.05) is 6.54 Å². The van der Waals surface area contributed by atoms with Crippen LogP contribution in [0.1, 0.15) is 33.1 Å². The van der Waals surface area contributed by atoms with Crippen molar-refractivity contribution < 1.29 is 4.79 Å². The minimum Gasteiger partial charge on any atom is -0.339 e. The number of hydrogen-bond donors (Lipinski definition) is 0. The molecule has 0 radical (unpaired) electrons. The molecule has 0 N–H and O–H groups in total. The van der Waals surface area contributed by atoms with Crippen molar-refractivity contribution in [1.29, 1.82) is 0 Å². The molecule has 1 aliphatic heterocycles. The molecule has 0 aromatic heterocycles. The fourth-order valence-corrected chi connectivity index (χ4v) is 2.17. The molecule has 78 valence electrons. The third-order valence-electron chi connectivity index (χ3n) is 2.93. The maximum Gasteiger partial charge on any atom is 0.223 e. The molecule has 0 unspecified atom stereocenters. The Bertz CT molecular complexity index is 232. The van der Waals surface area contributed by atoms with Crippen LogP contribution in [0.15, 0.2) is 0 Å². The summed E-state index contributed by atoms with van der Waals surface area (Å²) in [7, 11) is 0. The number of carbonyl (C=O) groups is 1. The summed E-state index contributed by atoms with van der Waals surface area (Å²) in [6, 6.07) is 0.649. The monoisotopic (exact) mass is 193 g/mol. The van der Waals surface area contributed by atoms with Gasteiger partial charge in [0, 0.05) is 19.0 Å². The molecule has 1 aliphatic carbocycles. The highest BCUT2D eigenvalue weighted by Crippen LogP contribution is 2.44. The first kappa shape index (κ1) is 11.1. The molecule has 0 bridgehead atoms. The lowest BCUT2D eigenvalue weighted by atomic mass is 10.1. The van der Waals surface area contributed by atoms with Gasteiger partial charge in [0.15, 0.2) is 0 Å². The Labute approximate surface area is 86.7 Å². The van der Waals surface area contributed by atoms with Crippen LogP contribution in [0, 0.1) is 24.7 Å². The maximum atomic E-state index is 11.6. The van der Waals surface area contributed by atoms with Crippen LogP contribution in [0.25, 0.3) is 0 Å². The van der Waals surface area contributed by atoms with E-state index < -0.39 is 0 Å². The van der Waals surface area contributed by atoms with Gasteiger partial charge in [0.2, 0.25) is 5.91 Å². The second-order valence-electron chi connectivity index (χ2n) is 4.54. The van der Waals surface area contributed by atoms with Gasteiger partial charge in [-0.2, -0.15) is 0 Å². The Morgan fingerprint density at radius 1 is 1.50 bits per heavy atom. The van der Waals surface area contributed by atoms with E-state index in [9.17, 15) is 4.79 Å². The second-order valence-corrected chi connectivity index (χ2v) is 4.54. The molecule has 0 aromatic rings. The van der Waals surface area contributed by atoms with Gasteiger partial charge in [0.25, 0.3) is 0 Å². The van der Waals surface area contributed by atoms with E-state index in [1.807, 2.05) is 0 Å². The summed E-state index contributed by atoms with van der Waals surface area (Å²) in [4.78, 5) is 13.7. The predicted octanol–water partition coefficient (Wildman–Crippen LogP) is 1.90. The molecule has 0 aromatic carbocycles. The van der Waals surface area contributed by atoms with Gasteiger partial charge in [-0.15, -0.1) is 12.8 Å². The average molecular weight is 193 g/mol. The maximum absolute atomic E-state index is 11.6. The number of piperidine rings is 1. The second kappa shape index (κ2) is 4.50. The molecule has 14 heavy (non-hydrogen) atoms. The Morgan fingerprint density at radius 2 is 2.14 bits per heavy atom. The normalized spacial score (nSPS) is 27.9. The molecule has 1 saturated heterocycles. The van der Waals surface area contributed by atoms with Crippen LogP contribution in [0.2, 0.25) is 0 Å². The summed E-state index contributed by atoms with van der Waals surface area (Å²) in [5, 5.41) is 0. The molecular formula is C12H19NO. The molecular weight excluding hydrogens is 174 g/mol. The fraction of sp³-hybridized carbons (Fsp3) is 0.750. The molecule has 2 heteroatoms. The predicted molar refractivity (Wildman–Crippen MR) is 57.6 cm³/mol. The number of carbonyl (C=O) groups excluding carboxylic acids is 1. The number of nitrogens with zero attached hydrogens (tertiary/aromatic N) is 1. The van der Waals surface area contributed by atoms with E-state index in [0.717, 1.165) is 18.9 Å². The molecule has 2 fully saturated rings. The van der Waals surface area contributed by atoms with E-state index in [1.165, 1.54) is 12.8 Å². The lowest BCUT2D eigenvalue weighted by Gasteiger charge is -2.18. The Hall–Kier alpha value is -0.970. The van der Waals surface area contributed by atoms with Gasteiger partial charge in [-0.1, -0.05) is 13.8 Å². The van der Waals surface area contributed by atoms with Crippen molar-refractivity contribution in [1.82, 2.24) is 4.90 Å². The summed E-state index contributed by atoms with van der Waals surface area (Å²) in [5.41, 5.74) is 0. The zero-order valence-corrected chi connectivity index (χ0v) is 9.07. The zero-order chi connectivity index (χ0) is 10.7. The summed E-state index contributed by atoms with van der Waals surface area (Å²) in [6.45, 7) is 5.25. The summed E-state index contributed by atoms with van der Waals surface area (Å²) >= 11 is 0. The molecule has 1 saturated carbocycles. The van der Waals surface area contributed by atoms with Gasteiger partial charge in [-0.05, 0) is 24.7 Å². The number of rotatable bonds is 2. The van der Waals surface area contributed by atoms with E-state index in [1.54, 1.807) is 0 Å². The largest absolute Gasteiger partial charge is 0.339 e. The third-order valence-corrected chi connectivity index (χ3v) is 2.93. The quantitative estimate of drug-likeness (QED) is 0.613. The van der Waals surface area contributed by atoms with Crippen molar-refractivity contribution >= 4 is 5.91 Å². The third kappa shape index (κ3) is 2.29. The topological polar surface area (TPSA) is 20.3 Å². The summed E-state index contributed by atoms with van der Waals surface area (Å²) < 4.78 is 0. The Kier molecular flexibility index (Phi) is 3.57. The Balaban J connectivity index is 0.000000461. The molecule has 2 atom stereocenters. The molecule has 1 heterocycles. The van der Waals surface area contributed by atoms with Gasteiger partial charge in [-0.3, -0.25) is 4.79 Å². The zero-order valence-electron chi connectivity index (χ0n) is 9.07. The smallest absolute Gasteiger partial charge is 0.223 e. The highest BCUT2D eigenvalue weighted by Gasteiger charge is 2.48. The first-order chi connectivity index (χ1) is 6.68. The SMILES string of the molecule is C#C.CC(C)CC(=O)N1CC[C@H]2C[C@H]21. The summed E-state index contributed by atoms with van der Waals surface area (Å²) in [5.74, 6) is 1.77. The van der Waals surface area contributed by atoms with Crippen molar-refractivity contribution in [3.63, 3.8) is 0 Å². The van der Waals surface area contributed by atoms with Crippen molar-refractivity contribution in [2.24, 2.45) is 11.8 Å². The van der Waals surface area contributed by atoms with E-state index in [2.05, 4.69) is 31.6 Å². The molecule has 1 amide bonds. The van der Waals surface area contributed by atoms with Crippen molar-refractivity contribution in [3.8, 4) is 12.8 Å². The van der Waals surface area contributed by atoms with Crippen LogP contribution in [-0.2, 0) is 4.79 Å². The molecule has 2 nitrogen and oxygen atoms in total. The van der Waals surface area contributed by atoms with Gasteiger partial charge >= 0.3 is 0 Å². The van der Waals surface area contributed by atoms with Gasteiger partial charge in [0.05, 0.1) is 0 Å². The minimum atomic E-state index is 0.384. The van der Waals surface area contributed by atoms with Gasteiger partial charge in [-0.25, -0.2) is 0 Å². The van der Waals surface area contributed by atoms with E-state index in [4.69, 9.17) is 0 Å². The molecule has 2 aliphatic rings. The number of terminal acetylenes is 1. The van der Waals surface area contributed by atoms with Crippen LogP contribution in [0.5, 0.6) is 0 Å². The number of hydrogen-bond acceptors (Lipinski definition) is 1. The lowest BCUT2D eigenvalue weighted by molar-refractivity contribution is -0.131. The minimum absolute atomic E-state index is 0.384.